The Morgan fingerprint density at radius 2 is 1.79 bits per heavy atom. The molecule has 14 heavy (non-hydrogen) atoms. The fourth-order valence-corrected chi connectivity index (χ4v) is 1.41. The Balaban J connectivity index is 2.40. The number of hydrogen-bond acceptors (Lipinski definition) is 1. The molecule has 0 aromatic rings. The Bertz CT molecular complexity index is 202. The second-order valence-electron chi connectivity index (χ2n) is 5.23. The molecule has 3 nitrogen and oxygen atoms in total. The lowest BCUT2D eigenvalue weighted by Gasteiger charge is -2.30. The van der Waals surface area contributed by atoms with E-state index in [2.05, 4.69) is 33.0 Å². The molecule has 0 aliphatic carbocycles. The van der Waals surface area contributed by atoms with Crippen LogP contribution in [0.1, 0.15) is 40.5 Å². The van der Waals surface area contributed by atoms with Gasteiger partial charge in [0.2, 0.25) is 0 Å². The zero-order valence-electron chi connectivity index (χ0n) is 9.76. The summed E-state index contributed by atoms with van der Waals surface area (Å²) in [6, 6.07) is 0.320. The average Bonchev–Trinajstić information content (AvgIpc) is 2.53. The highest BCUT2D eigenvalue weighted by molar-refractivity contribution is 5.74. The highest BCUT2D eigenvalue weighted by atomic mass is 16.2. The number of rotatable bonds is 1. The van der Waals surface area contributed by atoms with E-state index in [1.165, 1.54) is 0 Å². The van der Waals surface area contributed by atoms with Gasteiger partial charge in [-0.1, -0.05) is 20.8 Å². The standard InChI is InChI=1S/C11H22N2O/c1-9(11(2,3)4)12-10(14)13-7-5-6-8-13/h9H,5-8H2,1-4H3,(H,12,14). The fourth-order valence-electron chi connectivity index (χ4n) is 1.41. The summed E-state index contributed by atoms with van der Waals surface area (Å²) in [5, 5.41) is 3.05. The van der Waals surface area contributed by atoms with Gasteiger partial charge in [0.1, 0.15) is 0 Å². The van der Waals surface area contributed by atoms with Crippen molar-refractivity contribution in [1.29, 1.82) is 0 Å². The number of nitrogens with zero attached hydrogens (tertiary/aromatic N) is 1. The Morgan fingerprint density at radius 1 is 1.29 bits per heavy atom. The van der Waals surface area contributed by atoms with Gasteiger partial charge in [0, 0.05) is 19.1 Å². The molecule has 0 bridgehead atoms. The van der Waals surface area contributed by atoms with E-state index in [-0.39, 0.29) is 17.5 Å². The Hall–Kier alpha value is -0.730. The lowest BCUT2D eigenvalue weighted by Crippen LogP contribution is -2.47. The summed E-state index contributed by atoms with van der Waals surface area (Å²) in [5.74, 6) is 0. The molecule has 3 heteroatoms. The summed E-state index contributed by atoms with van der Waals surface area (Å²) in [5.41, 5.74) is 0.134. The van der Waals surface area contributed by atoms with Crippen LogP contribution in [-0.4, -0.2) is 30.1 Å². The molecule has 0 saturated carbocycles. The molecule has 0 spiro atoms. The summed E-state index contributed by atoms with van der Waals surface area (Å²) >= 11 is 0. The van der Waals surface area contributed by atoms with Crippen LogP contribution in [0, 0.1) is 5.41 Å². The van der Waals surface area contributed by atoms with Gasteiger partial charge >= 0.3 is 6.03 Å². The summed E-state index contributed by atoms with van der Waals surface area (Å²) in [4.78, 5) is 13.6. The summed E-state index contributed by atoms with van der Waals surface area (Å²) in [6.45, 7) is 10.3. The fraction of sp³-hybridized carbons (Fsp3) is 0.909. The smallest absolute Gasteiger partial charge is 0.317 e. The van der Waals surface area contributed by atoms with Gasteiger partial charge in [-0.05, 0) is 25.2 Å². The van der Waals surface area contributed by atoms with Crippen LogP contribution >= 0.6 is 0 Å². The zero-order valence-corrected chi connectivity index (χ0v) is 9.76. The minimum Gasteiger partial charge on any atom is -0.335 e. The van der Waals surface area contributed by atoms with Crippen molar-refractivity contribution >= 4 is 6.03 Å². The lowest BCUT2D eigenvalue weighted by molar-refractivity contribution is 0.192. The predicted molar refractivity (Wildman–Crippen MR) is 58.3 cm³/mol. The van der Waals surface area contributed by atoms with Crippen molar-refractivity contribution in [1.82, 2.24) is 10.2 Å². The van der Waals surface area contributed by atoms with Gasteiger partial charge in [-0.25, -0.2) is 4.79 Å². The first-order valence-electron chi connectivity index (χ1n) is 5.46. The number of carbonyl (C=O) groups is 1. The van der Waals surface area contributed by atoms with Crippen LogP contribution in [0.3, 0.4) is 0 Å². The molecule has 1 rings (SSSR count). The number of likely N-dealkylation sites (tertiary alicyclic amines) is 1. The highest BCUT2D eigenvalue weighted by Gasteiger charge is 2.25. The van der Waals surface area contributed by atoms with Gasteiger partial charge in [-0.3, -0.25) is 0 Å². The minimum atomic E-state index is 0.102. The Kier molecular flexibility index (Phi) is 3.40. The van der Waals surface area contributed by atoms with E-state index in [0.717, 1.165) is 25.9 Å². The van der Waals surface area contributed by atoms with E-state index < -0.39 is 0 Å². The lowest BCUT2D eigenvalue weighted by atomic mass is 9.88. The van der Waals surface area contributed by atoms with Crippen LogP contribution in [0.15, 0.2) is 0 Å². The van der Waals surface area contributed by atoms with Crippen LogP contribution < -0.4 is 5.32 Å². The number of amides is 2. The van der Waals surface area contributed by atoms with Gasteiger partial charge in [0.05, 0.1) is 0 Å². The van der Waals surface area contributed by atoms with Crippen molar-refractivity contribution in [3.8, 4) is 0 Å². The Labute approximate surface area is 86.9 Å². The largest absolute Gasteiger partial charge is 0.335 e. The maximum Gasteiger partial charge on any atom is 0.317 e. The van der Waals surface area contributed by atoms with E-state index >= 15 is 0 Å². The maximum atomic E-state index is 11.7. The topological polar surface area (TPSA) is 32.3 Å². The molecule has 2 amide bonds. The van der Waals surface area contributed by atoms with Gasteiger partial charge < -0.3 is 10.2 Å². The molecule has 1 unspecified atom stereocenters. The SMILES string of the molecule is CC(NC(=O)N1CCCC1)C(C)(C)C. The van der Waals surface area contributed by atoms with Gasteiger partial charge in [0.25, 0.3) is 0 Å². The van der Waals surface area contributed by atoms with Crippen LogP contribution in [-0.2, 0) is 0 Å². The monoisotopic (exact) mass is 198 g/mol. The van der Waals surface area contributed by atoms with Crippen LogP contribution in [0.25, 0.3) is 0 Å². The first kappa shape index (κ1) is 11.3. The molecule has 82 valence electrons. The molecule has 1 N–H and O–H groups in total. The number of urea groups is 1. The quantitative estimate of drug-likeness (QED) is 0.688. The average molecular weight is 198 g/mol. The molecular weight excluding hydrogens is 176 g/mol. The Morgan fingerprint density at radius 3 is 2.21 bits per heavy atom. The van der Waals surface area contributed by atoms with Crippen LogP contribution in [0.2, 0.25) is 0 Å². The first-order valence-corrected chi connectivity index (χ1v) is 5.46. The molecule has 1 heterocycles. The maximum absolute atomic E-state index is 11.7. The van der Waals surface area contributed by atoms with Crippen molar-refractivity contribution in [3.63, 3.8) is 0 Å². The van der Waals surface area contributed by atoms with E-state index in [1.807, 2.05) is 4.90 Å². The number of hydrogen-bond donors (Lipinski definition) is 1. The molecule has 0 aromatic heterocycles. The molecular formula is C11H22N2O. The third-order valence-corrected chi connectivity index (χ3v) is 3.03. The van der Waals surface area contributed by atoms with E-state index in [1.54, 1.807) is 0 Å². The van der Waals surface area contributed by atoms with Gasteiger partial charge in [-0.2, -0.15) is 0 Å². The highest BCUT2D eigenvalue weighted by Crippen LogP contribution is 2.19. The normalized spacial score (nSPS) is 19.6. The van der Waals surface area contributed by atoms with Crippen molar-refractivity contribution in [2.24, 2.45) is 5.41 Å². The minimum absolute atomic E-state index is 0.102. The first-order chi connectivity index (χ1) is 6.41. The summed E-state index contributed by atoms with van der Waals surface area (Å²) in [6.07, 6.45) is 2.30. The van der Waals surface area contributed by atoms with Crippen LogP contribution in [0.5, 0.6) is 0 Å². The molecule has 1 atom stereocenters. The zero-order chi connectivity index (χ0) is 10.8. The van der Waals surface area contributed by atoms with Crippen molar-refractivity contribution in [2.75, 3.05) is 13.1 Å². The molecule has 0 radical (unpaired) electrons. The third kappa shape index (κ3) is 2.89. The predicted octanol–water partition coefficient (Wildman–Crippen LogP) is 2.23. The van der Waals surface area contributed by atoms with E-state index in [0.29, 0.717) is 0 Å². The van der Waals surface area contributed by atoms with Crippen molar-refractivity contribution in [2.45, 2.75) is 46.6 Å². The van der Waals surface area contributed by atoms with Gasteiger partial charge in [0.15, 0.2) is 0 Å². The third-order valence-electron chi connectivity index (χ3n) is 3.03. The van der Waals surface area contributed by atoms with E-state index in [4.69, 9.17) is 0 Å². The molecule has 1 aliphatic rings. The van der Waals surface area contributed by atoms with Crippen molar-refractivity contribution in [3.05, 3.63) is 0 Å². The second-order valence-corrected chi connectivity index (χ2v) is 5.23. The number of carbonyl (C=O) groups excluding carboxylic acids is 1. The summed E-state index contributed by atoms with van der Waals surface area (Å²) in [7, 11) is 0. The van der Waals surface area contributed by atoms with Crippen molar-refractivity contribution < 1.29 is 4.79 Å². The van der Waals surface area contributed by atoms with Crippen LogP contribution in [0.4, 0.5) is 4.79 Å². The number of nitrogens with one attached hydrogen (secondary N) is 1. The second kappa shape index (κ2) is 4.20. The molecule has 0 aromatic carbocycles. The summed E-state index contributed by atoms with van der Waals surface area (Å²) < 4.78 is 0. The molecule has 1 fully saturated rings. The molecule has 1 saturated heterocycles. The van der Waals surface area contributed by atoms with Gasteiger partial charge in [-0.15, -0.1) is 0 Å². The van der Waals surface area contributed by atoms with E-state index in [9.17, 15) is 4.79 Å². The molecule has 1 aliphatic heterocycles.